The SMILES string of the molecule is Cc1cc(O)ccc1-c1nc(-c2cnn(C)c2)no1. The van der Waals surface area contributed by atoms with E-state index in [-0.39, 0.29) is 5.75 Å². The molecule has 0 fully saturated rings. The highest BCUT2D eigenvalue weighted by Crippen LogP contribution is 2.26. The fourth-order valence-corrected chi connectivity index (χ4v) is 1.87. The smallest absolute Gasteiger partial charge is 0.258 e. The molecule has 2 heterocycles. The second-order valence-electron chi connectivity index (χ2n) is 4.33. The predicted molar refractivity (Wildman–Crippen MR) is 68.3 cm³/mol. The third kappa shape index (κ3) is 2.08. The summed E-state index contributed by atoms with van der Waals surface area (Å²) < 4.78 is 6.93. The second kappa shape index (κ2) is 4.24. The van der Waals surface area contributed by atoms with Crippen molar-refractivity contribution >= 4 is 0 Å². The summed E-state index contributed by atoms with van der Waals surface area (Å²) in [6.07, 6.45) is 3.50. The fraction of sp³-hybridized carbons (Fsp3) is 0.154. The van der Waals surface area contributed by atoms with Gasteiger partial charge in [0, 0.05) is 18.8 Å². The van der Waals surface area contributed by atoms with E-state index in [1.807, 2.05) is 20.2 Å². The summed E-state index contributed by atoms with van der Waals surface area (Å²) in [5.74, 6) is 1.14. The number of aryl methyl sites for hydroxylation is 2. The van der Waals surface area contributed by atoms with Crippen molar-refractivity contribution in [2.45, 2.75) is 6.92 Å². The summed E-state index contributed by atoms with van der Waals surface area (Å²) in [6, 6.07) is 5.00. The molecule has 0 radical (unpaired) electrons. The Morgan fingerprint density at radius 2 is 2.16 bits per heavy atom. The summed E-state index contributed by atoms with van der Waals surface area (Å²) in [4.78, 5) is 4.34. The molecule has 19 heavy (non-hydrogen) atoms. The lowest BCUT2D eigenvalue weighted by Gasteiger charge is -2.00. The van der Waals surface area contributed by atoms with E-state index in [1.54, 1.807) is 29.1 Å². The molecule has 2 aromatic heterocycles. The summed E-state index contributed by atoms with van der Waals surface area (Å²) >= 11 is 0. The normalized spacial score (nSPS) is 10.8. The Morgan fingerprint density at radius 3 is 2.84 bits per heavy atom. The number of benzene rings is 1. The summed E-state index contributed by atoms with van der Waals surface area (Å²) in [5, 5.41) is 17.4. The molecule has 0 aliphatic rings. The number of aromatic hydroxyl groups is 1. The number of phenols is 1. The van der Waals surface area contributed by atoms with Crippen LogP contribution in [0.3, 0.4) is 0 Å². The van der Waals surface area contributed by atoms with Crippen LogP contribution < -0.4 is 0 Å². The van der Waals surface area contributed by atoms with Gasteiger partial charge in [0.05, 0.1) is 11.8 Å². The molecule has 0 unspecified atom stereocenters. The summed E-state index contributed by atoms with van der Waals surface area (Å²) in [5.41, 5.74) is 2.48. The molecule has 0 saturated heterocycles. The van der Waals surface area contributed by atoms with Crippen molar-refractivity contribution in [3.63, 3.8) is 0 Å². The van der Waals surface area contributed by atoms with Gasteiger partial charge in [0.25, 0.3) is 5.89 Å². The third-order valence-electron chi connectivity index (χ3n) is 2.83. The number of hydrogen-bond acceptors (Lipinski definition) is 5. The van der Waals surface area contributed by atoms with E-state index < -0.39 is 0 Å². The standard InChI is InChI=1S/C13H12N4O2/c1-8-5-10(18)3-4-11(8)13-15-12(16-19-13)9-6-14-17(2)7-9/h3-7,18H,1-2H3. The molecule has 96 valence electrons. The zero-order chi connectivity index (χ0) is 13.4. The minimum Gasteiger partial charge on any atom is -0.508 e. The van der Waals surface area contributed by atoms with Crippen LogP contribution >= 0.6 is 0 Å². The largest absolute Gasteiger partial charge is 0.508 e. The second-order valence-corrected chi connectivity index (χ2v) is 4.33. The zero-order valence-electron chi connectivity index (χ0n) is 10.5. The predicted octanol–water partition coefficient (Wildman–Crippen LogP) is 2.15. The Hall–Kier alpha value is -2.63. The molecule has 3 aromatic rings. The van der Waals surface area contributed by atoms with Crippen molar-refractivity contribution in [1.82, 2.24) is 19.9 Å². The van der Waals surface area contributed by atoms with Gasteiger partial charge in [0.2, 0.25) is 5.82 Å². The van der Waals surface area contributed by atoms with Gasteiger partial charge in [-0.2, -0.15) is 10.1 Å². The Labute approximate surface area is 109 Å². The van der Waals surface area contributed by atoms with E-state index in [1.165, 1.54) is 0 Å². The topological polar surface area (TPSA) is 77.0 Å². The maximum atomic E-state index is 9.39. The first-order valence-corrected chi connectivity index (χ1v) is 5.76. The van der Waals surface area contributed by atoms with Gasteiger partial charge >= 0.3 is 0 Å². The molecule has 0 atom stereocenters. The zero-order valence-corrected chi connectivity index (χ0v) is 10.5. The fourth-order valence-electron chi connectivity index (χ4n) is 1.87. The highest BCUT2D eigenvalue weighted by atomic mass is 16.5. The van der Waals surface area contributed by atoms with E-state index in [2.05, 4.69) is 15.2 Å². The van der Waals surface area contributed by atoms with Gasteiger partial charge < -0.3 is 9.63 Å². The first-order valence-electron chi connectivity index (χ1n) is 5.76. The van der Waals surface area contributed by atoms with E-state index in [9.17, 15) is 5.11 Å². The van der Waals surface area contributed by atoms with Crippen molar-refractivity contribution in [3.8, 4) is 28.6 Å². The third-order valence-corrected chi connectivity index (χ3v) is 2.83. The van der Waals surface area contributed by atoms with Gasteiger partial charge in [-0.25, -0.2) is 0 Å². The van der Waals surface area contributed by atoms with Crippen molar-refractivity contribution in [2.75, 3.05) is 0 Å². The summed E-state index contributed by atoms with van der Waals surface area (Å²) in [7, 11) is 1.83. The lowest BCUT2D eigenvalue weighted by Crippen LogP contribution is -1.85. The maximum absolute atomic E-state index is 9.39. The van der Waals surface area contributed by atoms with Crippen LogP contribution in [-0.2, 0) is 7.05 Å². The van der Waals surface area contributed by atoms with Gasteiger partial charge in [-0.05, 0) is 30.7 Å². The lowest BCUT2D eigenvalue weighted by molar-refractivity contribution is 0.432. The quantitative estimate of drug-likeness (QED) is 0.760. The van der Waals surface area contributed by atoms with Gasteiger partial charge in [-0.1, -0.05) is 5.16 Å². The number of aromatic nitrogens is 4. The van der Waals surface area contributed by atoms with E-state index in [4.69, 9.17) is 4.52 Å². The maximum Gasteiger partial charge on any atom is 0.258 e. The molecule has 0 bridgehead atoms. The molecule has 1 N–H and O–H groups in total. The molecule has 6 nitrogen and oxygen atoms in total. The molecule has 0 amide bonds. The van der Waals surface area contributed by atoms with Crippen LogP contribution in [0.1, 0.15) is 5.56 Å². The van der Waals surface area contributed by atoms with Gasteiger partial charge in [-0.15, -0.1) is 0 Å². The first-order chi connectivity index (χ1) is 9.13. The number of nitrogens with zero attached hydrogens (tertiary/aromatic N) is 4. The monoisotopic (exact) mass is 256 g/mol. The van der Waals surface area contributed by atoms with Crippen LogP contribution in [0.4, 0.5) is 0 Å². The van der Waals surface area contributed by atoms with Crippen LogP contribution in [0.2, 0.25) is 0 Å². The van der Waals surface area contributed by atoms with Crippen molar-refractivity contribution in [3.05, 3.63) is 36.2 Å². The first kappa shape index (κ1) is 11.5. The van der Waals surface area contributed by atoms with Crippen LogP contribution in [0, 0.1) is 6.92 Å². The van der Waals surface area contributed by atoms with Crippen molar-refractivity contribution in [1.29, 1.82) is 0 Å². The molecular formula is C13H12N4O2. The van der Waals surface area contributed by atoms with Gasteiger partial charge in [0.1, 0.15) is 5.75 Å². The summed E-state index contributed by atoms with van der Waals surface area (Å²) in [6.45, 7) is 1.88. The average Bonchev–Trinajstić information content (AvgIpc) is 2.97. The van der Waals surface area contributed by atoms with E-state index >= 15 is 0 Å². The van der Waals surface area contributed by atoms with E-state index in [0.29, 0.717) is 11.7 Å². The van der Waals surface area contributed by atoms with E-state index in [0.717, 1.165) is 16.7 Å². The molecular weight excluding hydrogens is 244 g/mol. The number of rotatable bonds is 2. The Balaban J connectivity index is 2.01. The molecule has 3 rings (SSSR count). The van der Waals surface area contributed by atoms with Crippen LogP contribution in [0.5, 0.6) is 5.75 Å². The Kier molecular flexibility index (Phi) is 2.56. The number of phenolic OH excluding ortho intramolecular Hbond substituents is 1. The molecule has 0 spiro atoms. The minimum absolute atomic E-state index is 0.216. The average molecular weight is 256 g/mol. The Bertz CT molecular complexity index is 730. The number of hydrogen-bond donors (Lipinski definition) is 1. The van der Waals surface area contributed by atoms with Crippen LogP contribution in [0.25, 0.3) is 22.8 Å². The van der Waals surface area contributed by atoms with Crippen molar-refractivity contribution < 1.29 is 9.63 Å². The highest BCUT2D eigenvalue weighted by Gasteiger charge is 2.13. The molecule has 0 aliphatic heterocycles. The molecule has 1 aromatic carbocycles. The molecule has 6 heteroatoms. The van der Waals surface area contributed by atoms with Crippen molar-refractivity contribution in [2.24, 2.45) is 7.05 Å². The van der Waals surface area contributed by atoms with Crippen LogP contribution in [-0.4, -0.2) is 25.0 Å². The molecule has 0 aliphatic carbocycles. The van der Waals surface area contributed by atoms with Crippen LogP contribution in [0.15, 0.2) is 35.1 Å². The molecule has 0 saturated carbocycles. The minimum atomic E-state index is 0.216. The van der Waals surface area contributed by atoms with Gasteiger partial charge in [-0.3, -0.25) is 4.68 Å². The van der Waals surface area contributed by atoms with Gasteiger partial charge in [0.15, 0.2) is 0 Å². The lowest BCUT2D eigenvalue weighted by atomic mass is 10.1. The Morgan fingerprint density at radius 1 is 1.32 bits per heavy atom. The highest BCUT2D eigenvalue weighted by molar-refractivity contribution is 5.62.